The van der Waals surface area contributed by atoms with Gasteiger partial charge in [-0.25, -0.2) is 4.39 Å². The molecule has 7 heteroatoms. The third-order valence-electron chi connectivity index (χ3n) is 3.36. The maximum absolute atomic E-state index is 13.5. The topological polar surface area (TPSA) is 72.2 Å². The van der Waals surface area contributed by atoms with Gasteiger partial charge >= 0.3 is 0 Å². The minimum Gasteiger partial charge on any atom is -0.361 e. The number of para-hydroxylation sites is 1. The summed E-state index contributed by atoms with van der Waals surface area (Å²) in [6, 6.07) is 5.85. The molecule has 118 valence electrons. The Balaban J connectivity index is 2.04. The molecular weight excluding hydrogens is 307 g/mol. The minimum absolute atomic E-state index is 0.0775. The Kier molecular flexibility index (Phi) is 5.07. The first-order valence-corrected chi connectivity index (χ1v) is 8.12. The maximum Gasteiger partial charge on any atom is 0.239 e. The van der Waals surface area contributed by atoms with Gasteiger partial charge in [-0.15, -0.1) is 0 Å². The van der Waals surface area contributed by atoms with Gasteiger partial charge in [0.15, 0.2) is 0 Å². The van der Waals surface area contributed by atoms with Crippen molar-refractivity contribution in [2.45, 2.75) is 31.8 Å². The van der Waals surface area contributed by atoms with E-state index in [0.29, 0.717) is 11.5 Å². The van der Waals surface area contributed by atoms with Crippen molar-refractivity contribution in [3.63, 3.8) is 0 Å². The number of carbonyl (C=O) groups is 1. The van der Waals surface area contributed by atoms with Crippen LogP contribution >= 0.6 is 0 Å². The molecule has 0 saturated heterocycles. The normalized spacial score (nSPS) is 13.6. The van der Waals surface area contributed by atoms with Crippen LogP contribution in [-0.4, -0.2) is 20.5 Å². The average Bonchev–Trinajstić information content (AvgIpc) is 2.80. The molecule has 0 radical (unpaired) electrons. The first-order chi connectivity index (χ1) is 10.4. The number of carbonyl (C=O) groups excluding carboxylic acids is 1. The summed E-state index contributed by atoms with van der Waals surface area (Å²) >= 11 is 0. The zero-order valence-corrected chi connectivity index (χ0v) is 13.4. The van der Waals surface area contributed by atoms with E-state index in [1.165, 1.54) is 18.2 Å². The fourth-order valence-corrected chi connectivity index (χ4v) is 3.14. The molecule has 5 nitrogen and oxygen atoms in total. The van der Waals surface area contributed by atoms with Gasteiger partial charge in [-0.3, -0.25) is 9.00 Å². The van der Waals surface area contributed by atoms with Gasteiger partial charge in [0.05, 0.1) is 17.1 Å². The van der Waals surface area contributed by atoms with E-state index in [0.717, 1.165) is 5.56 Å². The molecule has 0 aliphatic carbocycles. The van der Waals surface area contributed by atoms with Gasteiger partial charge in [-0.1, -0.05) is 17.3 Å². The second kappa shape index (κ2) is 6.83. The second-order valence-electron chi connectivity index (χ2n) is 4.94. The van der Waals surface area contributed by atoms with Crippen LogP contribution in [0.5, 0.6) is 0 Å². The van der Waals surface area contributed by atoms with Gasteiger partial charge in [0.2, 0.25) is 5.91 Å². The molecule has 0 aliphatic rings. The quantitative estimate of drug-likeness (QED) is 0.918. The van der Waals surface area contributed by atoms with Crippen LogP contribution in [0.3, 0.4) is 0 Å². The lowest BCUT2D eigenvalue weighted by Gasteiger charge is -2.12. The van der Waals surface area contributed by atoms with E-state index >= 15 is 0 Å². The van der Waals surface area contributed by atoms with E-state index in [4.69, 9.17) is 4.52 Å². The number of aryl methyl sites for hydroxylation is 2. The fraction of sp³-hybridized carbons (Fsp3) is 0.333. The maximum atomic E-state index is 13.5. The summed E-state index contributed by atoms with van der Waals surface area (Å²) in [5, 5.41) is 5.46. The highest BCUT2D eigenvalue weighted by atomic mass is 32.2. The average molecular weight is 324 g/mol. The molecule has 2 unspecified atom stereocenters. The predicted octanol–water partition coefficient (Wildman–Crippen LogP) is 2.71. The number of halogens is 1. The number of rotatable bonds is 5. The van der Waals surface area contributed by atoms with Crippen molar-refractivity contribution in [1.29, 1.82) is 0 Å². The Hall–Kier alpha value is -2.02. The first-order valence-electron chi connectivity index (χ1n) is 6.74. The van der Waals surface area contributed by atoms with Crippen LogP contribution in [0.2, 0.25) is 0 Å². The van der Waals surface area contributed by atoms with Gasteiger partial charge < -0.3 is 9.84 Å². The Bertz CT molecular complexity index is 695. The SMILES string of the molecule is Cc1noc(C)c1CS(=O)C(C)C(=O)Nc1ccccc1F. The molecule has 1 aromatic carbocycles. The molecule has 1 heterocycles. The number of aromatic nitrogens is 1. The number of hydrogen-bond donors (Lipinski definition) is 1. The molecule has 0 bridgehead atoms. The van der Waals surface area contributed by atoms with Crippen LogP contribution in [0.1, 0.15) is 23.9 Å². The summed E-state index contributed by atoms with van der Waals surface area (Å²) in [6.07, 6.45) is 0. The molecule has 1 N–H and O–H groups in total. The predicted molar refractivity (Wildman–Crippen MR) is 82.3 cm³/mol. The lowest BCUT2D eigenvalue weighted by molar-refractivity contribution is -0.115. The van der Waals surface area contributed by atoms with E-state index < -0.39 is 27.8 Å². The van der Waals surface area contributed by atoms with Gasteiger partial charge in [0.1, 0.15) is 16.8 Å². The van der Waals surface area contributed by atoms with Gasteiger partial charge in [0.25, 0.3) is 0 Å². The standard InChI is InChI=1S/C15H17FN2O3S/c1-9-12(10(2)21-18-9)8-22(20)11(3)15(19)17-14-7-5-4-6-13(14)16/h4-7,11H,8H2,1-3H3,(H,17,19). The van der Waals surface area contributed by atoms with E-state index in [2.05, 4.69) is 10.5 Å². The molecule has 2 atom stereocenters. The summed E-state index contributed by atoms with van der Waals surface area (Å²) < 4.78 is 30.8. The summed E-state index contributed by atoms with van der Waals surface area (Å²) in [5.74, 6) is -0.255. The number of nitrogens with one attached hydrogen (secondary N) is 1. The lowest BCUT2D eigenvalue weighted by Crippen LogP contribution is -2.30. The third kappa shape index (κ3) is 3.59. The van der Waals surface area contributed by atoms with Crippen LogP contribution in [0, 0.1) is 19.7 Å². The molecule has 2 aromatic rings. The molecule has 0 fully saturated rings. The smallest absolute Gasteiger partial charge is 0.239 e. The Labute approximate surface area is 130 Å². The first kappa shape index (κ1) is 16.4. The molecule has 22 heavy (non-hydrogen) atoms. The van der Waals surface area contributed by atoms with Crippen LogP contribution in [0.25, 0.3) is 0 Å². The number of nitrogens with zero attached hydrogens (tertiary/aromatic N) is 1. The zero-order valence-electron chi connectivity index (χ0n) is 12.6. The van der Waals surface area contributed by atoms with Crippen molar-refractivity contribution < 1.29 is 17.9 Å². The molecule has 1 amide bonds. The van der Waals surface area contributed by atoms with Gasteiger partial charge in [-0.2, -0.15) is 0 Å². The van der Waals surface area contributed by atoms with Crippen LogP contribution in [0.15, 0.2) is 28.8 Å². The van der Waals surface area contributed by atoms with Crippen molar-refractivity contribution in [2.75, 3.05) is 5.32 Å². The monoisotopic (exact) mass is 324 g/mol. The summed E-state index contributed by atoms with van der Waals surface area (Å²) in [6.45, 7) is 5.04. The van der Waals surface area contributed by atoms with Crippen molar-refractivity contribution in [2.24, 2.45) is 0 Å². The second-order valence-corrected chi connectivity index (χ2v) is 6.70. The summed E-state index contributed by atoms with van der Waals surface area (Å²) in [7, 11) is -1.46. The fourth-order valence-electron chi connectivity index (χ4n) is 1.89. The molecule has 2 rings (SSSR count). The lowest BCUT2D eigenvalue weighted by atomic mass is 10.2. The summed E-state index contributed by atoms with van der Waals surface area (Å²) in [4.78, 5) is 12.1. The highest BCUT2D eigenvalue weighted by Gasteiger charge is 2.23. The van der Waals surface area contributed by atoms with E-state index in [1.54, 1.807) is 26.8 Å². The number of anilines is 1. The molecule has 0 saturated carbocycles. The highest BCUT2D eigenvalue weighted by Crippen LogP contribution is 2.18. The van der Waals surface area contributed by atoms with E-state index in [9.17, 15) is 13.4 Å². The van der Waals surface area contributed by atoms with Crippen LogP contribution in [-0.2, 0) is 21.3 Å². The van der Waals surface area contributed by atoms with Crippen molar-refractivity contribution >= 4 is 22.4 Å². The number of benzene rings is 1. The van der Waals surface area contributed by atoms with Crippen molar-refractivity contribution in [3.8, 4) is 0 Å². The molecule has 0 spiro atoms. The van der Waals surface area contributed by atoms with Crippen LogP contribution < -0.4 is 5.32 Å². The molecular formula is C15H17FN2O3S. The van der Waals surface area contributed by atoms with Gasteiger partial charge in [-0.05, 0) is 32.9 Å². The Morgan fingerprint density at radius 1 is 1.41 bits per heavy atom. The largest absolute Gasteiger partial charge is 0.361 e. The van der Waals surface area contributed by atoms with Crippen molar-refractivity contribution in [3.05, 3.63) is 47.1 Å². The number of hydrogen-bond acceptors (Lipinski definition) is 4. The van der Waals surface area contributed by atoms with E-state index in [1.807, 2.05) is 0 Å². The number of amides is 1. The highest BCUT2D eigenvalue weighted by molar-refractivity contribution is 7.85. The Morgan fingerprint density at radius 3 is 2.68 bits per heavy atom. The van der Waals surface area contributed by atoms with Crippen LogP contribution in [0.4, 0.5) is 10.1 Å². The van der Waals surface area contributed by atoms with Gasteiger partial charge in [0, 0.05) is 16.4 Å². The Morgan fingerprint density at radius 2 is 2.09 bits per heavy atom. The molecule has 0 aliphatic heterocycles. The van der Waals surface area contributed by atoms with E-state index in [-0.39, 0.29) is 11.4 Å². The van der Waals surface area contributed by atoms with Crippen molar-refractivity contribution in [1.82, 2.24) is 5.16 Å². The zero-order chi connectivity index (χ0) is 16.3. The third-order valence-corrected chi connectivity index (χ3v) is 4.94. The minimum atomic E-state index is -1.46. The summed E-state index contributed by atoms with van der Waals surface area (Å²) in [5.41, 5.74) is 1.48. The molecule has 1 aromatic heterocycles.